The molecule has 6 N–H and O–H groups in total. The van der Waals surface area contributed by atoms with Crippen LogP contribution in [0, 0.1) is 0 Å². The van der Waals surface area contributed by atoms with Crippen molar-refractivity contribution in [2.45, 2.75) is 12.6 Å². The first-order valence-corrected chi connectivity index (χ1v) is 8.64. The average molecular weight is 453 g/mol. The second kappa shape index (κ2) is 8.71. The van der Waals surface area contributed by atoms with Crippen molar-refractivity contribution in [2.24, 2.45) is 5.73 Å². The minimum Gasteiger partial charge on any atom is -0.449 e. The Balaban J connectivity index is 1.69. The number of nitrogens with one attached hydrogen (secondary N) is 3. The lowest BCUT2D eigenvalue weighted by Gasteiger charge is -2.09. The van der Waals surface area contributed by atoms with Crippen LogP contribution < -0.4 is 21.1 Å². The number of imidazole rings is 1. The lowest BCUT2D eigenvalue weighted by Crippen LogP contribution is -2.22. The van der Waals surface area contributed by atoms with Crippen molar-refractivity contribution in [2.75, 3.05) is 10.6 Å². The number of aromatic nitrogens is 2. The van der Waals surface area contributed by atoms with E-state index in [2.05, 4.69) is 25.3 Å². The lowest BCUT2D eigenvalue weighted by atomic mass is 10.2. The quantitative estimate of drug-likeness (QED) is 0.356. The number of H-pyrrole nitrogens is 1. The monoisotopic (exact) mass is 453 g/mol. The number of primary amides is 1. The van der Waals surface area contributed by atoms with Crippen LogP contribution in [0.2, 0.25) is 0 Å². The molecule has 14 heteroatoms. The van der Waals surface area contributed by atoms with Gasteiger partial charge in [0.05, 0.1) is 12.0 Å². The third kappa shape index (κ3) is 5.56. The van der Waals surface area contributed by atoms with E-state index < -0.39 is 29.8 Å². The van der Waals surface area contributed by atoms with Crippen LogP contribution in [0.3, 0.4) is 0 Å². The van der Waals surface area contributed by atoms with E-state index in [-0.39, 0.29) is 41.2 Å². The fourth-order valence-corrected chi connectivity index (χ4v) is 2.55. The summed E-state index contributed by atoms with van der Waals surface area (Å²) in [6, 6.07) is 5.49. The molecule has 32 heavy (non-hydrogen) atoms. The zero-order chi connectivity index (χ0) is 23.5. The number of alkyl halides is 3. The fourth-order valence-electron chi connectivity index (χ4n) is 2.55. The smallest absolute Gasteiger partial charge is 0.449 e. The first-order valence-electron chi connectivity index (χ1n) is 8.64. The van der Waals surface area contributed by atoms with Crippen molar-refractivity contribution < 1.29 is 41.8 Å². The number of carbonyl (C=O) groups is 3. The molecule has 0 bridgehead atoms. The number of amides is 3. The summed E-state index contributed by atoms with van der Waals surface area (Å²) in [5.74, 6) is -1.08. The largest absolute Gasteiger partial charge is 0.513 e. The van der Waals surface area contributed by atoms with Crippen molar-refractivity contribution in [3.8, 4) is 5.95 Å². The van der Waals surface area contributed by atoms with Gasteiger partial charge in [-0.25, -0.2) is 14.6 Å². The predicted molar refractivity (Wildman–Crippen MR) is 101 cm³/mol. The molecule has 0 aliphatic rings. The first kappa shape index (κ1) is 22.2. The maximum Gasteiger partial charge on any atom is 0.513 e. The van der Waals surface area contributed by atoms with E-state index in [1.807, 2.05) is 0 Å². The van der Waals surface area contributed by atoms with E-state index in [9.17, 15) is 27.6 Å². The zero-order valence-corrected chi connectivity index (χ0v) is 15.8. The number of hydrogen-bond acceptors (Lipinski definition) is 6. The second-order valence-corrected chi connectivity index (χ2v) is 6.19. The summed E-state index contributed by atoms with van der Waals surface area (Å²) in [5, 5.41) is 13.1. The highest BCUT2D eigenvalue weighted by Crippen LogP contribution is 2.29. The summed E-state index contributed by atoms with van der Waals surface area (Å²) in [5.41, 5.74) is 4.21. The molecule has 0 aliphatic carbocycles. The number of nitrogens with zero attached hydrogens (tertiary/aromatic N) is 1. The number of nitrogens with two attached hydrogens (primary N) is 1. The minimum absolute atomic E-state index is 0.0362. The topological polar surface area (TPSA) is 173 Å². The molecule has 3 rings (SSSR count). The minimum atomic E-state index is -4.52. The van der Waals surface area contributed by atoms with Crippen LogP contribution in [0.25, 0.3) is 0 Å². The maximum absolute atomic E-state index is 12.6. The molecule has 168 valence electrons. The normalized spacial score (nSPS) is 11.1. The molecule has 0 saturated heterocycles. The van der Waals surface area contributed by atoms with Crippen molar-refractivity contribution in [3.63, 3.8) is 0 Å². The first-order chi connectivity index (χ1) is 15.0. The zero-order valence-electron chi connectivity index (χ0n) is 15.8. The van der Waals surface area contributed by atoms with Gasteiger partial charge in [0.25, 0.3) is 11.9 Å². The number of furan rings is 1. The highest BCUT2D eigenvalue weighted by atomic mass is 19.4. The molecule has 0 fully saturated rings. The molecule has 11 nitrogen and oxygen atoms in total. The number of benzene rings is 1. The molecule has 3 aromatic rings. The number of carboxylic acid groups (broad SMARTS) is 1. The standard InChI is InChI=1S/C18H14F3N5O6/c19-18(20,21)8-1-3-9(4-2-8)23-16(28)26-15-13(14(22)27)24-11(25-15)7-10-5-6-12(31-10)32-17(29)30/h1-6H,7H2,(H2,22,27)(H,24,25)(H,29,30)(H2,23,26,28). The number of carbonyl (C=O) groups excluding carboxylic acids is 2. The van der Waals surface area contributed by atoms with Gasteiger partial charge in [0.2, 0.25) is 0 Å². The van der Waals surface area contributed by atoms with Crippen LogP contribution in [0.5, 0.6) is 5.95 Å². The Morgan fingerprint density at radius 2 is 1.81 bits per heavy atom. The van der Waals surface area contributed by atoms with Crippen molar-refractivity contribution >= 4 is 29.6 Å². The van der Waals surface area contributed by atoms with Gasteiger partial charge in [-0.05, 0) is 30.3 Å². The van der Waals surface area contributed by atoms with Crippen LogP contribution in [-0.2, 0) is 12.6 Å². The SMILES string of the molecule is NC(=O)c1[nH]c(Cc2ccc(OC(=O)O)o2)nc1NC(=O)Nc1ccc(C(F)(F)F)cc1. The third-order valence-corrected chi connectivity index (χ3v) is 3.87. The summed E-state index contributed by atoms with van der Waals surface area (Å²) in [6.45, 7) is 0. The Morgan fingerprint density at radius 3 is 2.41 bits per heavy atom. The van der Waals surface area contributed by atoms with Crippen LogP contribution in [0.1, 0.15) is 27.6 Å². The Morgan fingerprint density at radius 1 is 1.12 bits per heavy atom. The van der Waals surface area contributed by atoms with E-state index in [1.54, 1.807) is 0 Å². The molecular weight excluding hydrogens is 439 g/mol. The Hall–Kier alpha value is -4.49. The molecule has 2 heterocycles. The van der Waals surface area contributed by atoms with Crippen LogP contribution >= 0.6 is 0 Å². The van der Waals surface area contributed by atoms with E-state index in [0.29, 0.717) is 0 Å². The predicted octanol–water partition coefficient (Wildman–Crippen LogP) is 3.41. The van der Waals surface area contributed by atoms with Gasteiger partial charge in [0.15, 0.2) is 5.82 Å². The van der Waals surface area contributed by atoms with Crippen LogP contribution in [-0.4, -0.2) is 33.2 Å². The highest BCUT2D eigenvalue weighted by molar-refractivity contribution is 6.04. The van der Waals surface area contributed by atoms with Crippen molar-refractivity contribution in [3.05, 3.63) is 59.2 Å². The van der Waals surface area contributed by atoms with Gasteiger partial charge in [0, 0.05) is 11.8 Å². The van der Waals surface area contributed by atoms with Crippen molar-refractivity contribution in [1.82, 2.24) is 9.97 Å². The van der Waals surface area contributed by atoms with Crippen LogP contribution in [0.4, 0.5) is 34.3 Å². The molecule has 0 unspecified atom stereocenters. The molecule has 0 aliphatic heterocycles. The number of anilines is 2. The van der Waals surface area contributed by atoms with Crippen molar-refractivity contribution in [1.29, 1.82) is 0 Å². The molecule has 2 aromatic heterocycles. The molecule has 0 saturated carbocycles. The number of aromatic amines is 1. The maximum atomic E-state index is 12.6. The van der Waals surface area contributed by atoms with Gasteiger partial charge < -0.3 is 30.3 Å². The second-order valence-electron chi connectivity index (χ2n) is 6.19. The Bertz CT molecular complexity index is 1150. The highest BCUT2D eigenvalue weighted by Gasteiger charge is 2.30. The number of halogens is 3. The van der Waals surface area contributed by atoms with E-state index in [4.69, 9.17) is 15.3 Å². The fraction of sp³-hybridized carbons (Fsp3) is 0.111. The number of rotatable bonds is 6. The number of ether oxygens (including phenoxy) is 1. The summed E-state index contributed by atoms with van der Waals surface area (Å²) in [4.78, 5) is 41.0. The molecular formula is C18H14F3N5O6. The third-order valence-electron chi connectivity index (χ3n) is 3.87. The number of hydrogen-bond donors (Lipinski definition) is 5. The summed E-state index contributed by atoms with van der Waals surface area (Å²) in [6.07, 6.45) is -6.12. The van der Waals surface area contributed by atoms with Gasteiger partial charge in [-0.2, -0.15) is 13.2 Å². The summed E-state index contributed by atoms with van der Waals surface area (Å²) in [7, 11) is 0. The molecule has 1 aromatic carbocycles. The van der Waals surface area contributed by atoms with E-state index in [0.717, 1.165) is 24.3 Å². The molecule has 0 radical (unpaired) electrons. The van der Waals surface area contributed by atoms with Gasteiger partial charge in [-0.1, -0.05) is 0 Å². The average Bonchev–Trinajstić information content (AvgIpc) is 3.27. The summed E-state index contributed by atoms with van der Waals surface area (Å²) < 4.78 is 47.3. The Kier molecular flexibility index (Phi) is 6.04. The van der Waals surface area contributed by atoms with E-state index >= 15 is 0 Å². The Labute approximate surface area is 176 Å². The van der Waals surface area contributed by atoms with Crippen LogP contribution in [0.15, 0.2) is 40.8 Å². The lowest BCUT2D eigenvalue weighted by molar-refractivity contribution is -0.137. The van der Waals surface area contributed by atoms with E-state index in [1.165, 1.54) is 12.1 Å². The van der Waals surface area contributed by atoms with Gasteiger partial charge in [-0.15, -0.1) is 0 Å². The molecule has 3 amide bonds. The molecule has 0 atom stereocenters. The number of urea groups is 1. The summed E-state index contributed by atoms with van der Waals surface area (Å²) >= 11 is 0. The molecule has 0 spiro atoms. The van der Waals surface area contributed by atoms with Gasteiger partial charge >= 0.3 is 18.4 Å². The van der Waals surface area contributed by atoms with Gasteiger partial charge in [-0.3, -0.25) is 10.1 Å². The van der Waals surface area contributed by atoms with Gasteiger partial charge in [0.1, 0.15) is 17.3 Å².